The molecule has 22 heavy (non-hydrogen) atoms. The molecule has 5 atom stereocenters. The maximum absolute atomic E-state index is 10.8. The van der Waals surface area contributed by atoms with Crippen molar-refractivity contribution < 1.29 is 19.7 Å². The van der Waals surface area contributed by atoms with Crippen LogP contribution in [0.1, 0.15) is 60.3 Å². The van der Waals surface area contributed by atoms with Crippen molar-refractivity contribution >= 4 is 0 Å². The highest BCUT2D eigenvalue weighted by atomic mass is 16.7. The molecule has 0 bridgehead atoms. The average molecular weight is 317 g/mol. The molecule has 0 spiro atoms. The molecule has 0 aliphatic carbocycles. The Bertz CT molecular complexity index is 316. The zero-order chi connectivity index (χ0) is 16.9. The van der Waals surface area contributed by atoms with E-state index in [0.29, 0.717) is 0 Å². The Balaban J connectivity index is 2.95. The second-order valence-corrected chi connectivity index (χ2v) is 6.75. The Morgan fingerprint density at radius 2 is 1.73 bits per heavy atom. The van der Waals surface area contributed by atoms with Crippen molar-refractivity contribution in [2.75, 3.05) is 6.61 Å². The summed E-state index contributed by atoms with van der Waals surface area (Å²) in [6.45, 7) is 10.3. The Morgan fingerprint density at radius 1 is 1.18 bits per heavy atom. The first-order chi connectivity index (χ1) is 10.4. The molecule has 1 heterocycles. The van der Waals surface area contributed by atoms with Crippen molar-refractivity contribution in [1.29, 1.82) is 0 Å². The molecule has 4 N–H and O–H groups in total. The zero-order valence-electron chi connectivity index (χ0n) is 14.8. The quantitative estimate of drug-likeness (QED) is 0.638. The monoisotopic (exact) mass is 317 g/mol. The fraction of sp³-hybridized carbons (Fsp3) is 1.00. The van der Waals surface area contributed by atoms with E-state index in [1.807, 2.05) is 0 Å². The van der Waals surface area contributed by atoms with Crippen LogP contribution < -0.4 is 5.73 Å². The minimum atomic E-state index is -0.741. The van der Waals surface area contributed by atoms with E-state index >= 15 is 0 Å². The third-order valence-electron chi connectivity index (χ3n) is 5.62. The number of aliphatic hydroxyl groups is 2. The third-order valence-corrected chi connectivity index (χ3v) is 5.62. The van der Waals surface area contributed by atoms with E-state index in [9.17, 15) is 10.2 Å². The first-order valence-electron chi connectivity index (χ1n) is 8.73. The molecule has 0 amide bonds. The molecule has 0 aromatic heterocycles. The van der Waals surface area contributed by atoms with Gasteiger partial charge in [-0.15, -0.1) is 0 Å². The molecule has 1 aliphatic heterocycles. The molecule has 132 valence electrons. The number of ether oxygens (including phenoxy) is 2. The molecule has 1 rings (SSSR count). The molecule has 0 aromatic rings. The molecule has 5 nitrogen and oxygen atoms in total. The highest BCUT2D eigenvalue weighted by molar-refractivity contribution is 4.98. The number of aliphatic hydroxyl groups excluding tert-OH is 2. The summed E-state index contributed by atoms with van der Waals surface area (Å²) in [5, 5.41) is 20.5. The molecule has 1 aliphatic rings. The second kappa shape index (κ2) is 8.60. The minimum absolute atomic E-state index is 0.0582. The van der Waals surface area contributed by atoms with Gasteiger partial charge in [-0.3, -0.25) is 0 Å². The Morgan fingerprint density at radius 3 is 2.14 bits per heavy atom. The summed E-state index contributed by atoms with van der Waals surface area (Å²) in [5.41, 5.74) is 6.09. The van der Waals surface area contributed by atoms with Gasteiger partial charge in [0.05, 0.1) is 31.0 Å². The van der Waals surface area contributed by atoms with Gasteiger partial charge in [-0.05, 0) is 18.3 Å². The SMILES string of the molecule is CCC(CC)O[C@@H]1OC(CO)[C@@H](C(C)(CC)CC)C(O)C1N. The van der Waals surface area contributed by atoms with E-state index in [-0.39, 0.29) is 24.0 Å². The van der Waals surface area contributed by atoms with E-state index in [2.05, 4.69) is 34.6 Å². The molecule has 3 unspecified atom stereocenters. The van der Waals surface area contributed by atoms with Gasteiger partial charge in [-0.2, -0.15) is 0 Å². The van der Waals surface area contributed by atoms with Crippen LogP contribution in [0.3, 0.4) is 0 Å². The van der Waals surface area contributed by atoms with Crippen molar-refractivity contribution in [3.8, 4) is 0 Å². The van der Waals surface area contributed by atoms with E-state index in [1.54, 1.807) is 0 Å². The van der Waals surface area contributed by atoms with Gasteiger partial charge in [0.1, 0.15) is 0 Å². The smallest absolute Gasteiger partial charge is 0.175 e. The average Bonchev–Trinajstić information content (AvgIpc) is 2.55. The van der Waals surface area contributed by atoms with Crippen LogP contribution in [0.4, 0.5) is 0 Å². The molecule has 1 fully saturated rings. The molecule has 0 saturated carbocycles. The van der Waals surface area contributed by atoms with Crippen LogP contribution in [-0.4, -0.2) is 47.5 Å². The van der Waals surface area contributed by atoms with Gasteiger partial charge >= 0.3 is 0 Å². The van der Waals surface area contributed by atoms with Crippen LogP contribution in [0.2, 0.25) is 0 Å². The fourth-order valence-electron chi connectivity index (χ4n) is 3.50. The van der Waals surface area contributed by atoms with E-state index in [0.717, 1.165) is 25.7 Å². The minimum Gasteiger partial charge on any atom is -0.394 e. The Hall–Kier alpha value is -0.200. The summed E-state index contributed by atoms with van der Waals surface area (Å²) >= 11 is 0. The van der Waals surface area contributed by atoms with Gasteiger partial charge < -0.3 is 25.4 Å². The van der Waals surface area contributed by atoms with E-state index < -0.39 is 24.5 Å². The number of hydrogen-bond acceptors (Lipinski definition) is 5. The topological polar surface area (TPSA) is 84.9 Å². The van der Waals surface area contributed by atoms with Crippen molar-refractivity contribution in [2.24, 2.45) is 17.1 Å². The van der Waals surface area contributed by atoms with Crippen molar-refractivity contribution in [3.05, 3.63) is 0 Å². The summed E-state index contributed by atoms with van der Waals surface area (Å²) in [7, 11) is 0. The van der Waals surface area contributed by atoms with Crippen LogP contribution in [0, 0.1) is 11.3 Å². The largest absolute Gasteiger partial charge is 0.394 e. The van der Waals surface area contributed by atoms with Crippen LogP contribution in [-0.2, 0) is 9.47 Å². The standard InChI is InChI=1S/C17H35NO4/c1-6-11(7-2)21-16-14(18)15(20)13(12(10-19)22-16)17(5,8-3)9-4/h11-16,19-20H,6-10,18H2,1-5H3/t12?,13-,14?,15?,16-/m1/s1. The van der Waals surface area contributed by atoms with E-state index in [1.165, 1.54) is 0 Å². The normalized spacial score (nSPS) is 33.4. The van der Waals surface area contributed by atoms with Gasteiger partial charge in [0.2, 0.25) is 0 Å². The summed E-state index contributed by atoms with van der Waals surface area (Å²) in [5.74, 6) is -0.191. The van der Waals surface area contributed by atoms with Gasteiger partial charge in [-0.1, -0.05) is 47.5 Å². The van der Waals surface area contributed by atoms with Crippen LogP contribution in [0.15, 0.2) is 0 Å². The zero-order valence-corrected chi connectivity index (χ0v) is 14.8. The van der Waals surface area contributed by atoms with Gasteiger partial charge in [0, 0.05) is 5.92 Å². The van der Waals surface area contributed by atoms with Crippen molar-refractivity contribution in [2.45, 2.75) is 90.9 Å². The van der Waals surface area contributed by atoms with Gasteiger partial charge in [-0.25, -0.2) is 0 Å². The van der Waals surface area contributed by atoms with E-state index in [4.69, 9.17) is 15.2 Å². The number of nitrogens with two attached hydrogens (primary N) is 1. The molecule has 0 aromatic carbocycles. The molecule has 0 radical (unpaired) electrons. The lowest BCUT2D eigenvalue weighted by atomic mass is 9.66. The maximum Gasteiger partial charge on any atom is 0.175 e. The lowest BCUT2D eigenvalue weighted by Crippen LogP contribution is -2.63. The second-order valence-electron chi connectivity index (χ2n) is 6.75. The Kier molecular flexibility index (Phi) is 7.75. The summed E-state index contributed by atoms with van der Waals surface area (Å²) in [6.07, 6.45) is 1.75. The van der Waals surface area contributed by atoms with Crippen LogP contribution in [0.5, 0.6) is 0 Å². The lowest BCUT2D eigenvalue weighted by molar-refractivity contribution is -0.280. The molecule has 1 saturated heterocycles. The fourth-order valence-corrected chi connectivity index (χ4v) is 3.50. The number of rotatable bonds is 8. The first-order valence-corrected chi connectivity index (χ1v) is 8.73. The molecular formula is C17H35NO4. The van der Waals surface area contributed by atoms with Crippen LogP contribution in [0.25, 0.3) is 0 Å². The molecular weight excluding hydrogens is 282 g/mol. The summed E-state index contributed by atoms with van der Waals surface area (Å²) < 4.78 is 11.9. The van der Waals surface area contributed by atoms with Gasteiger partial charge in [0.15, 0.2) is 6.29 Å². The molecule has 5 heteroatoms. The predicted octanol–water partition coefficient (Wildman–Crippen LogP) is 2.04. The highest BCUT2D eigenvalue weighted by Crippen LogP contribution is 2.43. The lowest BCUT2D eigenvalue weighted by Gasteiger charge is -2.50. The summed E-state index contributed by atoms with van der Waals surface area (Å²) in [6, 6.07) is -0.592. The van der Waals surface area contributed by atoms with Crippen molar-refractivity contribution in [1.82, 2.24) is 0 Å². The third kappa shape index (κ3) is 4.01. The number of hydrogen-bond donors (Lipinski definition) is 3. The Labute approximate surface area is 135 Å². The van der Waals surface area contributed by atoms with Gasteiger partial charge in [0.25, 0.3) is 0 Å². The van der Waals surface area contributed by atoms with Crippen LogP contribution >= 0.6 is 0 Å². The maximum atomic E-state index is 10.8. The first kappa shape index (κ1) is 19.8. The highest BCUT2D eigenvalue weighted by Gasteiger charge is 2.50. The van der Waals surface area contributed by atoms with Crippen molar-refractivity contribution in [3.63, 3.8) is 0 Å². The summed E-state index contributed by atoms with van der Waals surface area (Å²) in [4.78, 5) is 0. The predicted molar refractivity (Wildman–Crippen MR) is 87.4 cm³/mol.